The van der Waals surface area contributed by atoms with Gasteiger partial charge in [0.25, 0.3) is 0 Å². The molecule has 1 unspecified atom stereocenters. The zero-order valence-corrected chi connectivity index (χ0v) is 37.6. The first-order chi connectivity index (χ1) is 27.0. The number of likely N-dealkylation sites (N-methyl/N-ethyl adjacent to an activating group) is 1. The first-order valence-corrected chi connectivity index (χ1v) is 21.4. The van der Waals surface area contributed by atoms with Crippen LogP contribution in [0.2, 0.25) is 0 Å². The van der Waals surface area contributed by atoms with Crippen LogP contribution in [0.25, 0.3) is 0 Å². The van der Waals surface area contributed by atoms with Crippen LogP contribution in [0.3, 0.4) is 0 Å². The van der Waals surface area contributed by atoms with Gasteiger partial charge >= 0.3 is 5.97 Å². The predicted octanol–water partition coefficient (Wildman–Crippen LogP) is 2.20. The van der Waals surface area contributed by atoms with Crippen LogP contribution in [-0.2, 0) is 47.4 Å². The summed E-state index contributed by atoms with van der Waals surface area (Å²) in [7, 11) is 6.90. The number of aliphatic hydroxyl groups is 4. The van der Waals surface area contributed by atoms with E-state index in [1.165, 1.54) is 7.11 Å². The summed E-state index contributed by atoms with van der Waals surface area (Å²) in [4.78, 5) is 16.4. The van der Waals surface area contributed by atoms with Crippen molar-refractivity contribution in [2.45, 2.75) is 191 Å². The van der Waals surface area contributed by atoms with E-state index in [4.69, 9.17) is 42.6 Å². The summed E-state index contributed by atoms with van der Waals surface area (Å²) in [6.07, 6.45) is -8.29. The number of carbonyl (C=O) groups excluding carboxylic acids is 1. The molecule has 340 valence electrons. The molecule has 0 aromatic carbocycles. The van der Waals surface area contributed by atoms with Crippen molar-refractivity contribution in [3.8, 4) is 0 Å². The van der Waals surface area contributed by atoms with Crippen molar-refractivity contribution in [2.75, 3.05) is 48.1 Å². The molecule has 5 N–H and O–H groups in total. The Morgan fingerprint density at radius 1 is 0.914 bits per heavy atom. The van der Waals surface area contributed by atoms with E-state index >= 15 is 0 Å². The number of ether oxygens (including phenoxy) is 9. The summed E-state index contributed by atoms with van der Waals surface area (Å²) in [6.45, 7) is 19.1. The Balaban J connectivity index is 1.83. The first-order valence-electron chi connectivity index (χ1n) is 21.4. The Morgan fingerprint density at radius 2 is 1.59 bits per heavy atom. The quantitative estimate of drug-likeness (QED) is 0.142. The second-order valence-corrected chi connectivity index (χ2v) is 18.6. The highest BCUT2D eigenvalue weighted by atomic mass is 16.7. The summed E-state index contributed by atoms with van der Waals surface area (Å²) < 4.78 is 55.7. The summed E-state index contributed by atoms with van der Waals surface area (Å²) in [5.41, 5.74) is -4.27. The third-order valence-corrected chi connectivity index (χ3v) is 13.5. The lowest BCUT2D eigenvalue weighted by Gasteiger charge is -2.52. The van der Waals surface area contributed by atoms with Crippen LogP contribution in [0.1, 0.15) is 94.9 Å². The number of methoxy groups -OCH3 is 2. The van der Waals surface area contributed by atoms with Gasteiger partial charge in [0.15, 0.2) is 12.6 Å². The van der Waals surface area contributed by atoms with Crippen molar-refractivity contribution >= 4 is 5.97 Å². The molecule has 4 rings (SSSR count). The van der Waals surface area contributed by atoms with Crippen molar-refractivity contribution in [3.05, 3.63) is 0 Å². The van der Waals surface area contributed by atoms with Crippen LogP contribution in [0.15, 0.2) is 0 Å². The fourth-order valence-corrected chi connectivity index (χ4v) is 10.0. The third-order valence-electron chi connectivity index (χ3n) is 13.5. The van der Waals surface area contributed by atoms with Crippen molar-refractivity contribution in [1.29, 1.82) is 0 Å². The lowest BCUT2D eigenvalue weighted by molar-refractivity contribution is -0.318. The second kappa shape index (κ2) is 20.4. The number of aliphatic hydroxyl groups excluding tert-OH is 2. The highest BCUT2D eigenvalue weighted by molar-refractivity contribution is 5.73. The minimum absolute atomic E-state index is 0.137. The molecule has 4 heterocycles. The molecule has 0 aromatic heterocycles. The number of cyclic esters (lactones) is 1. The molecule has 4 aliphatic heterocycles. The van der Waals surface area contributed by atoms with E-state index in [-0.39, 0.29) is 55.9 Å². The van der Waals surface area contributed by atoms with Crippen LogP contribution >= 0.6 is 0 Å². The Morgan fingerprint density at radius 3 is 2.19 bits per heavy atom. The van der Waals surface area contributed by atoms with Crippen LogP contribution in [0.4, 0.5) is 0 Å². The SMILES string of the molecule is CC[C@H]1OC(=O)[C@H](C)[C@@H](O[C@H]2C[C@@](C)(OC)[C@@H](O)[C@H](C)O2)[C@H](C)[C@@H](O[C@@H]2O[C@H](C)C[C@H](N(C)C)[C@H]2O)[C@](C)(O)C[C@@H](C)[C@@H]2N[C@@H](COCCOC)OC([C@H]2C)[C@]1(C)O. The molecule has 0 amide bonds. The number of nitrogens with one attached hydrogen (secondary N) is 1. The van der Waals surface area contributed by atoms with Gasteiger partial charge in [-0.05, 0) is 80.8 Å². The molecule has 58 heavy (non-hydrogen) atoms. The van der Waals surface area contributed by atoms with Gasteiger partial charge in [-0.1, -0.05) is 27.7 Å². The van der Waals surface area contributed by atoms with Gasteiger partial charge in [-0.2, -0.15) is 0 Å². The predicted molar refractivity (Wildman–Crippen MR) is 214 cm³/mol. The topological polar surface area (TPSA) is 196 Å². The summed E-state index contributed by atoms with van der Waals surface area (Å²) in [5.74, 6) is -2.95. The van der Waals surface area contributed by atoms with Gasteiger partial charge < -0.3 is 68.0 Å². The lowest BCUT2D eigenvalue weighted by Crippen LogP contribution is -2.67. The first kappa shape index (κ1) is 49.6. The number of rotatable bonds is 12. The molecule has 0 radical (unpaired) electrons. The molecule has 0 aliphatic carbocycles. The van der Waals surface area contributed by atoms with Crippen LogP contribution < -0.4 is 5.32 Å². The number of hydrogen-bond donors (Lipinski definition) is 5. The van der Waals surface area contributed by atoms with E-state index < -0.39 is 96.1 Å². The van der Waals surface area contributed by atoms with E-state index in [9.17, 15) is 25.2 Å². The molecule has 0 spiro atoms. The summed E-state index contributed by atoms with van der Waals surface area (Å²) in [5, 5.41) is 51.5. The van der Waals surface area contributed by atoms with Crippen LogP contribution in [0, 0.1) is 23.7 Å². The van der Waals surface area contributed by atoms with E-state index in [0.29, 0.717) is 19.6 Å². The smallest absolute Gasteiger partial charge is 0.311 e. The summed E-state index contributed by atoms with van der Waals surface area (Å²) in [6, 6.07) is -0.593. The molecule has 16 nitrogen and oxygen atoms in total. The number of esters is 1. The van der Waals surface area contributed by atoms with E-state index in [1.54, 1.807) is 41.7 Å². The summed E-state index contributed by atoms with van der Waals surface area (Å²) >= 11 is 0. The number of carbonyl (C=O) groups is 1. The zero-order chi connectivity index (χ0) is 43.5. The molecule has 0 saturated carbocycles. The van der Waals surface area contributed by atoms with E-state index in [1.807, 2.05) is 53.6 Å². The highest BCUT2D eigenvalue weighted by Crippen LogP contribution is 2.43. The number of fused-ring (bicyclic) bond motifs is 2. The van der Waals surface area contributed by atoms with Gasteiger partial charge in [-0.15, -0.1) is 0 Å². The van der Waals surface area contributed by atoms with Crippen LogP contribution in [0.5, 0.6) is 0 Å². The monoisotopic (exact) mass is 835 g/mol. The Bertz CT molecular complexity index is 1290. The van der Waals surface area contributed by atoms with Crippen molar-refractivity contribution in [1.82, 2.24) is 10.2 Å². The van der Waals surface area contributed by atoms with Gasteiger partial charge in [0.2, 0.25) is 0 Å². The van der Waals surface area contributed by atoms with Gasteiger partial charge in [0, 0.05) is 44.6 Å². The zero-order valence-electron chi connectivity index (χ0n) is 37.6. The normalized spacial score (nSPS) is 48.7. The van der Waals surface area contributed by atoms with Crippen molar-refractivity contribution < 1.29 is 67.9 Å². The largest absolute Gasteiger partial charge is 0.459 e. The number of nitrogens with zero attached hydrogens (tertiary/aromatic N) is 1. The molecule has 4 saturated heterocycles. The molecular weight excluding hydrogens is 756 g/mol. The van der Waals surface area contributed by atoms with E-state index in [0.717, 1.165) is 0 Å². The van der Waals surface area contributed by atoms with Crippen molar-refractivity contribution in [2.24, 2.45) is 23.7 Å². The molecule has 2 bridgehead atoms. The average molecular weight is 835 g/mol. The minimum Gasteiger partial charge on any atom is -0.459 e. The average Bonchev–Trinajstić information content (AvgIpc) is 3.15. The van der Waals surface area contributed by atoms with Gasteiger partial charge in [0.05, 0.1) is 67.5 Å². The maximum absolute atomic E-state index is 14.5. The minimum atomic E-state index is -1.64. The van der Waals surface area contributed by atoms with Gasteiger partial charge in [-0.25, -0.2) is 0 Å². The van der Waals surface area contributed by atoms with Gasteiger partial charge in [0.1, 0.15) is 30.1 Å². The molecule has 4 aliphatic rings. The standard InChI is InChI=1S/C42H78N2O14/c1-15-29-42(10,49)37-24(4)32(43-30(56-37)21-52-17-16-50-13)22(2)19-40(8,48)36(58-39-33(45)28(44(11)12)18-23(3)53-39)25(5)34(26(6)38(47)55-29)57-31-20-41(9,51-14)35(46)27(7)54-31/h22-37,39,43,45-46,48-49H,15-21H2,1-14H3/t22-,23-,24+,25+,26-,27+,28+,29-,30-,31+,32+,33-,34+,35+,36-,37?,39+,40-,41-,42-/m1/s1. The Labute approximate surface area is 346 Å². The molecular formula is C42H78N2O14. The Kier molecular flexibility index (Phi) is 17.4. The van der Waals surface area contributed by atoms with Crippen LogP contribution in [-0.4, -0.2) is 176 Å². The maximum atomic E-state index is 14.5. The molecule has 4 fully saturated rings. The lowest BCUT2D eigenvalue weighted by atomic mass is 9.71. The Hall–Kier alpha value is -1.09. The second-order valence-electron chi connectivity index (χ2n) is 18.6. The maximum Gasteiger partial charge on any atom is 0.311 e. The number of hydrogen-bond acceptors (Lipinski definition) is 16. The molecule has 20 atom stereocenters. The fraction of sp³-hybridized carbons (Fsp3) is 0.976. The molecule has 0 aromatic rings. The van der Waals surface area contributed by atoms with Gasteiger partial charge in [-0.3, -0.25) is 10.1 Å². The fourth-order valence-electron chi connectivity index (χ4n) is 10.0. The van der Waals surface area contributed by atoms with E-state index in [2.05, 4.69) is 5.32 Å². The van der Waals surface area contributed by atoms with Crippen molar-refractivity contribution in [3.63, 3.8) is 0 Å². The highest BCUT2D eigenvalue weighted by Gasteiger charge is 2.55. The molecule has 16 heteroatoms. The third kappa shape index (κ3) is 11.1.